The molecule has 7 heteroatoms. The second-order valence-corrected chi connectivity index (χ2v) is 5.22. The normalized spacial score (nSPS) is 10.7. The van der Waals surface area contributed by atoms with Crippen molar-refractivity contribution in [3.63, 3.8) is 0 Å². The molecule has 3 aromatic heterocycles. The molecule has 7 nitrogen and oxygen atoms in total. The van der Waals surface area contributed by atoms with E-state index >= 15 is 0 Å². The van der Waals surface area contributed by atoms with Gasteiger partial charge >= 0.3 is 0 Å². The molecule has 0 radical (unpaired) electrons. The summed E-state index contributed by atoms with van der Waals surface area (Å²) in [6, 6.07) is 13.8. The summed E-state index contributed by atoms with van der Waals surface area (Å²) in [6.07, 6.45) is 9.01. The number of benzene rings is 1. The Balaban J connectivity index is 1.41. The molecule has 0 bridgehead atoms. The monoisotopic (exact) mass is 317 g/mol. The molecule has 1 N–H and O–H groups in total. The highest BCUT2D eigenvalue weighted by Gasteiger charge is 2.03. The molecule has 4 rings (SSSR count). The lowest BCUT2D eigenvalue weighted by Crippen LogP contribution is -2.01. The largest absolute Gasteiger partial charge is 0.378 e. The lowest BCUT2D eigenvalue weighted by molar-refractivity contribution is 0.798. The van der Waals surface area contributed by atoms with E-state index in [9.17, 15) is 0 Å². The second-order valence-electron chi connectivity index (χ2n) is 5.22. The first-order valence-corrected chi connectivity index (χ1v) is 7.53. The van der Waals surface area contributed by atoms with Crippen LogP contribution in [0.25, 0.3) is 11.5 Å². The molecule has 0 aliphatic heterocycles. The zero-order valence-electron chi connectivity index (χ0n) is 12.8. The molecule has 0 saturated carbocycles. The van der Waals surface area contributed by atoms with Crippen molar-refractivity contribution in [2.24, 2.45) is 0 Å². The standard InChI is InChI=1S/C17H15N7/c1-2-4-16(5-3-1)24-12-15(21-22-24)11-19-14-6-7-17(20-10-14)23-9-8-18-13-23/h1-10,12-13,19H,11H2. The van der Waals surface area contributed by atoms with Gasteiger partial charge in [-0.3, -0.25) is 4.57 Å². The minimum absolute atomic E-state index is 0.582. The van der Waals surface area contributed by atoms with Crippen LogP contribution in [-0.4, -0.2) is 29.5 Å². The number of para-hydroxylation sites is 1. The molecular weight excluding hydrogens is 302 g/mol. The van der Waals surface area contributed by atoms with Crippen LogP contribution in [0.4, 0.5) is 5.69 Å². The number of pyridine rings is 1. The topological polar surface area (TPSA) is 73.5 Å². The maximum absolute atomic E-state index is 4.41. The number of nitrogens with one attached hydrogen (secondary N) is 1. The summed E-state index contributed by atoms with van der Waals surface area (Å²) < 4.78 is 3.62. The highest BCUT2D eigenvalue weighted by Crippen LogP contribution is 2.11. The first kappa shape index (κ1) is 14.1. The molecular formula is C17H15N7. The number of nitrogens with zero attached hydrogens (tertiary/aromatic N) is 6. The Morgan fingerprint density at radius 1 is 1.04 bits per heavy atom. The Morgan fingerprint density at radius 2 is 1.96 bits per heavy atom. The molecule has 3 heterocycles. The molecule has 0 amide bonds. The molecule has 0 saturated heterocycles. The summed E-state index contributed by atoms with van der Waals surface area (Å²) >= 11 is 0. The van der Waals surface area contributed by atoms with Crippen molar-refractivity contribution < 1.29 is 0 Å². The molecule has 0 unspecified atom stereocenters. The Kier molecular flexibility index (Phi) is 3.73. The molecule has 0 aliphatic rings. The fraction of sp³-hybridized carbons (Fsp3) is 0.0588. The third-order valence-corrected chi connectivity index (χ3v) is 3.55. The van der Waals surface area contributed by atoms with E-state index in [0.717, 1.165) is 22.9 Å². The molecule has 0 atom stereocenters. The molecule has 0 spiro atoms. The zero-order valence-corrected chi connectivity index (χ0v) is 12.8. The maximum Gasteiger partial charge on any atom is 0.137 e. The molecule has 118 valence electrons. The zero-order chi connectivity index (χ0) is 16.2. The lowest BCUT2D eigenvalue weighted by Gasteiger charge is -2.05. The minimum atomic E-state index is 0.582. The van der Waals surface area contributed by atoms with Gasteiger partial charge in [0.15, 0.2) is 0 Å². The number of rotatable bonds is 5. The number of hydrogen-bond acceptors (Lipinski definition) is 5. The van der Waals surface area contributed by atoms with Crippen LogP contribution in [0.3, 0.4) is 0 Å². The van der Waals surface area contributed by atoms with Crippen LogP contribution in [0.1, 0.15) is 5.69 Å². The third kappa shape index (κ3) is 3.00. The Bertz CT molecular complexity index is 896. The van der Waals surface area contributed by atoms with Crippen molar-refractivity contribution in [1.82, 2.24) is 29.5 Å². The van der Waals surface area contributed by atoms with Gasteiger partial charge in [0.2, 0.25) is 0 Å². The van der Waals surface area contributed by atoms with Crippen LogP contribution in [0.15, 0.2) is 73.6 Å². The number of aromatic nitrogens is 6. The van der Waals surface area contributed by atoms with Crippen LogP contribution < -0.4 is 5.32 Å². The molecule has 0 fully saturated rings. The van der Waals surface area contributed by atoms with Crippen LogP contribution >= 0.6 is 0 Å². The van der Waals surface area contributed by atoms with Gasteiger partial charge in [0, 0.05) is 12.4 Å². The highest BCUT2D eigenvalue weighted by atomic mass is 15.4. The van der Waals surface area contributed by atoms with Crippen LogP contribution in [0.2, 0.25) is 0 Å². The highest BCUT2D eigenvalue weighted by molar-refractivity contribution is 5.43. The van der Waals surface area contributed by atoms with Crippen molar-refractivity contribution >= 4 is 5.69 Å². The van der Waals surface area contributed by atoms with E-state index in [1.807, 2.05) is 59.4 Å². The van der Waals surface area contributed by atoms with Crippen molar-refractivity contribution in [2.45, 2.75) is 6.54 Å². The number of anilines is 1. The van der Waals surface area contributed by atoms with E-state index in [0.29, 0.717) is 6.54 Å². The molecule has 24 heavy (non-hydrogen) atoms. The molecule has 4 aromatic rings. The van der Waals surface area contributed by atoms with Crippen molar-refractivity contribution in [3.8, 4) is 11.5 Å². The lowest BCUT2D eigenvalue weighted by atomic mass is 10.3. The SMILES string of the molecule is c1ccc(-n2cc(CNc3ccc(-n4ccnc4)nc3)nn2)cc1. The average Bonchev–Trinajstić information content (AvgIpc) is 3.33. The van der Waals surface area contributed by atoms with Gasteiger partial charge in [-0.25, -0.2) is 14.6 Å². The van der Waals surface area contributed by atoms with Crippen LogP contribution in [0, 0.1) is 0 Å². The van der Waals surface area contributed by atoms with Crippen molar-refractivity contribution in [2.75, 3.05) is 5.32 Å². The van der Waals surface area contributed by atoms with Gasteiger partial charge in [0.05, 0.1) is 30.3 Å². The van der Waals surface area contributed by atoms with Crippen LogP contribution in [-0.2, 0) is 6.54 Å². The van der Waals surface area contributed by atoms with Gasteiger partial charge in [0.25, 0.3) is 0 Å². The summed E-state index contributed by atoms with van der Waals surface area (Å²) in [4.78, 5) is 8.42. The fourth-order valence-corrected chi connectivity index (χ4v) is 2.32. The van der Waals surface area contributed by atoms with Gasteiger partial charge in [-0.2, -0.15) is 0 Å². The van der Waals surface area contributed by atoms with Gasteiger partial charge in [-0.05, 0) is 24.3 Å². The number of hydrogen-bond donors (Lipinski definition) is 1. The summed E-state index contributed by atoms with van der Waals surface area (Å²) in [5, 5.41) is 11.6. The number of imidazole rings is 1. The fourth-order valence-electron chi connectivity index (χ4n) is 2.32. The van der Waals surface area contributed by atoms with E-state index in [4.69, 9.17) is 0 Å². The van der Waals surface area contributed by atoms with E-state index in [1.165, 1.54) is 0 Å². The van der Waals surface area contributed by atoms with E-state index in [1.54, 1.807) is 23.4 Å². The van der Waals surface area contributed by atoms with E-state index in [-0.39, 0.29) is 0 Å². The Hall–Kier alpha value is -3.48. The average molecular weight is 317 g/mol. The minimum Gasteiger partial charge on any atom is -0.378 e. The predicted molar refractivity (Wildman–Crippen MR) is 90.0 cm³/mol. The predicted octanol–water partition coefficient (Wildman–Crippen LogP) is 2.46. The second kappa shape index (κ2) is 6.33. The summed E-state index contributed by atoms with van der Waals surface area (Å²) in [5.74, 6) is 0.827. The van der Waals surface area contributed by atoms with Gasteiger partial charge in [-0.15, -0.1) is 5.10 Å². The maximum atomic E-state index is 4.41. The van der Waals surface area contributed by atoms with Gasteiger partial charge < -0.3 is 5.32 Å². The van der Waals surface area contributed by atoms with Crippen LogP contribution in [0.5, 0.6) is 0 Å². The molecule has 1 aromatic carbocycles. The van der Waals surface area contributed by atoms with Crippen molar-refractivity contribution in [3.05, 3.63) is 79.3 Å². The summed E-state index contributed by atoms with van der Waals surface area (Å²) in [6.45, 7) is 0.582. The molecule has 0 aliphatic carbocycles. The Labute approximate surface area is 138 Å². The Morgan fingerprint density at radius 3 is 2.71 bits per heavy atom. The summed E-state index contributed by atoms with van der Waals surface area (Å²) in [7, 11) is 0. The van der Waals surface area contributed by atoms with Gasteiger partial charge in [0.1, 0.15) is 17.8 Å². The van der Waals surface area contributed by atoms with Crippen molar-refractivity contribution in [1.29, 1.82) is 0 Å². The van der Waals surface area contributed by atoms with Gasteiger partial charge in [-0.1, -0.05) is 23.4 Å². The first-order chi connectivity index (χ1) is 11.9. The quantitative estimate of drug-likeness (QED) is 0.612. The van der Waals surface area contributed by atoms with E-state index in [2.05, 4.69) is 25.6 Å². The summed E-state index contributed by atoms with van der Waals surface area (Å²) in [5.41, 5.74) is 2.77. The van der Waals surface area contributed by atoms with E-state index < -0.39 is 0 Å². The first-order valence-electron chi connectivity index (χ1n) is 7.53. The smallest absolute Gasteiger partial charge is 0.137 e. The third-order valence-electron chi connectivity index (χ3n) is 3.55.